The summed E-state index contributed by atoms with van der Waals surface area (Å²) in [5, 5.41) is 2.99. The molecule has 0 aliphatic carbocycles. The molecule has 1 saturated heterocycles. The lowest BCUT2D eigenvalue weighted by molar-refractivity contribution is -0.129. The van der Waals surface area contributed by atoms with E-state index in [0.717, 1.165) is 12.1 Å². The van der Waals surface area contributed by atoms with E-state index in [0.29, 0.717) is 24.4 Å². The number of likely N-dealkylation sites (N-methyl/N-ethyl adjacent to an activating group) is 1. The molecule has 2 unspecified atom stereocenters. The van der Waals surface area contributed by atoms with E-state index in [-0.39, 0.29) is 24.1 Å². The largest absolute Gasteiger partial charge is 0.497 e. The number of ether oxygens (including phenoxy) is 1. The molecule has 2 aromatic carbocycles. The highest BCUT2D eigenvalue weighted by atomic mass is 19.1. The molecule has 2 atom stereocenters. The number of benzene rings is 2. The van der Waals surface area contributed by atoms with Crippen LogP contribution in [0.2, 0.25) is 0 Å². The number of nitrogens with zero attached hydrogens (tertiary/aromatic N) is 2. The molecule has 3 rings (SSSR count). The van der Waals surface area contributed by atoms with Gasteiger partial charge in [-0.2, -0.15) is 0 Å². The summed E-state index contributed by atoms with van der Waals surface area (Å²) in [7, 11) is 5.47. The number of amides is 2. The number of carbonyl (C=O) groups is 2. The third kappa shape index (κ3) is 4.97. The van der Waals surface area contributed by atoms with Gasteiger partial charge in [0.05, 0.1) is 19.1 Å². The van der Waals surface area contributed by atoms with E-state index in [1.165, 1.54) is 12.1 Å². The Morgan fingerprint density at radius 2 is 1.83 bits per heavy atom. The van der Waals surface area contributed by atoms with Gasteiger partial charge in [-0.15, -0.1) is 0 Å². The fraction of sp³-hybridized carbons (Fsp3) is 0.391. The number of anilines is 1. The van der Waals surface area contributed by atoms with Gasteiger partial charge < -0.3 is 19.9 Å². The second kappa shape index (κ2) is 9.71. The van der Waals surface area contributed by atoms with Crippen LogP contribution >= 0.6 is 0 Å². The first kappa shape index (κ1) is 21.8. The Kier molecular flexibility index (Phi) is 7.05. The molecular weight excluding hydrogens is 385 g/mol. The first-order chi connectivity index (χ1) is 14.4. The normalized spacial score (nSPS) is 19.1. The van der Waals surface area contributed by atoms with Crippen molar-refractivity contribution in [2.75, 3.05) is 39.2 Å². The molecule has 7 heteroatoms. The maximum atomic E-state index is 13.6. The fourth-order valence-electron chi connectivity index (χ4n) is 3.79. The van der Waals surface area contributed by atoms with Crippen molar-refractivity contribution in [1.82, 2.24) is 10.2 Å². The average molecular weight is 413 g/mol. The number of carbonyl (C=O) groups excluding carboxylic acids is 2. The second-order valence-electron chi connectivity index (χ2n) is 7.70. The predicted octanol–water partition coefficient (Wildman–Crippen LogP) is 3.00. The molecule has 1 aliphatic heterocycles. The van der Waals surface area contributed by atoms with Crippen molar-refractivity contribution in [2.45, 2.75) is 18.9 Å². The van der Waals surface area contributed by atoms with Gasteiger partial charge in [0.1, 0.15) is 11.6 Å². The number of hydrogen-bond acceptors (Lipinski definition) is 4. The zero-order valence-electron chi connectivity index (χ0n) is 17.6. The Balaban J connectivity index is 1.96. The van der Waals surface area contributed by atoms with Gasteiger partial charge in [-0.25, -0.2) is 4.39 Å². The Labute approximate surface area is 176 Å². The molecule has 0 radical (unpaired) electrons. The summed E-state index contributed by atoms with van der Waals surface area (Å²) < 4.78 is 18.8. The molecule has 30 heavy (non-hydrogen) atoms. The summed E-state index contributed by atoms with van der Waals surface area (Å²) in [4.78, 5) is 29.7. The average Bonchev–Trinajstić information content (AvgIpc) is 2.74. The third-order valence-corrected chi connectivity index (χ3v) is 5.35. The van der Waals surface area contributed by atoms with Gasteiger partial charge >= 0.3 is 0 Å². The van der Waals surface area contributed by atoms with E-state index >= 15 is 0 Å². The summed E-state index contributed by atoms with van der Waals surface area (Å²) in [6, 6.07) is 12.7. The van der Waals surface area contributed by atoms with Gasteiger partial charge in [-0.1, -0.05) is 12.1 Å². The number of piperidine rings is 1. The van der Waals surface area contributed by atoms with Crippen molar-refractivity contribution < 1.29 is 18.7 Å². The van der Waals surface area contributed by atoms with Gasteiger partial charge in [0, 0.05) is 25.2 Å². The molecule has 2 amide bonds. The molecule has 2 aromatic rings. The minimum atomic E-state index is -0.514. The van der Waals surface area contributed by atoms with Crippen LogP contribution in [0.5, 0.6) is 5.75 Å². The maximum absolute atomic E-state index is 13.6. The molecule has 1 heterocycles. The van der Waals surface area contributed by atoms with Crippen molar-refractivity contribution in [3.05, 3.63) is 59.9 Å². The van der Waals surface area contributed by atoms with Gasteiger partial charge in [0.15, 0.2) is 0 Å². The molecule has 0 bridgehead atoms. The number of nitrogens with one attached hydrogen (secondary N) is 1. The zero-order valence-corrected chi connectivity index (χ0v) is 17.6. The van der Waals surface area contributed by atoms with Gasteiger partial charge in [0.2, 0.25) is 11.8 Å². The number of halogens is 1. The third-order valence-electron chi connectivity index (χ3n) is 5.35. The Morgan fingerprint density at radius 1 is 1.17 bits per heavy atom. The Morgan fingerprint density at radius 3 is 2.43 bits per heavy atom. The molecule has 6 nitrogen and oxygen atoms in total. The molecule has 1 N–H and O–H groups in total. The highest BCUT2D eigenvalue weighted by Gasteiger charge is 2.41. The molecule has 0 spiro atoms. The first-order valence-electron chi connectivity index (χ1n) is 10.0. The van der Waals surface area contributed by atoms with E-state index in [1.807, 2.05) is 19.0 Å². The topological polar surface area (TPSA) is 61.9 Å². The van der Waals surface area contributed by atoms with Crippen molar-refractivity contribution >= 4 is 17.5 Å². The van der Waals surface area contributed by atoms with Crippen LogP contribution in [-0.2, 0) is 9.59 Å². The Hall–Kier alpha value is -2.93. The summed E-state index contributed by atoms with van der Waals surface area (Å²) in [6.45, 7) is 1.25. The summed E-state index contributed by atoms with van der Waals surface area (Å²) >= 11 is 0. The summed E-state index contributed by atoms with van der Waals surface area (Å²) in [5.74, 6) is -0.273. The quantitative estimate of drug-likeness (QED) is 0.758. The fourth-order valence-corrected chi connectivity index (χ4v) is 3.79. The van der Waals surface area contributed by atoms with E-state index in [2.05, 4.69) is 5.32 Å². The van der Waals surface area contributed by atoms with Crippen LogP contribution in [0.4, 0.5) is 10.1 Å². The molecule has 0 saturated carbocycles. The SMILES string of the molecule is COc1ccc(N2C(=O)CCC(C(=O)NCCN(C)C)C2c2ccc(F)cc2)cc1. The minimum Gasteiger partial charge on any atom is -0.497 e. The van der Waals surface area contributed by atoms with Gasteiger partial charge in [-0.05, 0) is 62.5 Å². The minimum absolute atomic E-state index is 0.0631. The van der Waals surface area contributed by atoms with Gasteiger partial charge in [0.25, 0.3) is 0 Å². The van der Waals surface area contributed by atoms with Crippen molar-refractivity contribution in [2.24, 2.45) is 5.92 Å². The van der Waals surface area contributed by atoms with Crippen molar-refractivity contribution in [1.29, 1.82) is 0 Å². The van der Waals surface area contributed by atoms with Crippen LogP contribution in [0.1, 0.15) is 24.4 Å². The lowest BCUT2D eigenvalue weighted by Crippen LogP contribution is -2.49. The van der Waals surface area contributed by atoms with E-state index in [1.54, 1.807) is 48.4 Å². The second-order valence-corrected chi connectivity index (χ2v) is 7.70. The summed E-state index contributed by atoms with van der Waals surface area (Å²) in [6.07, 6.45) is 0.719. The number of hydrogen-bond donors (Lipinski definition) is 1. The predicted molar refractivity (Wildman–Crippen MR) is 114 cm³/mol. The van der Waals surface area contributed by atoms with Crippen LogP contribution in [0.3, 0.4) is 0 Å². The number of rotatable bonds is 7. The van der Waals surface area contributed by atoms with Crippen LogP contribution in [0.25, 0.3) is 0 Å². The number of methoxy groups -OCH3 is 1. The van der Waals surface area contributed by atoms with Crippen LogP contribution in [0, 0.1) is 11.7 Å². The lowest BCUT2D eigenvalue weighted by atomic mass is 9.83. The summed E-state index contributed by atoms with van der Waals surface area (Å²) in [5.41, 5.74) is 1.41. The van der Waals surface area contributed by atoms with Crippen molar-refractivity contribution in [3.8, 4) is 5.75 Å². The smallest absolute Gasteiger partial charge is 0.227 e. The monoisotopic (exact) mass is 413 g/mol. The standard InChI is InChI=1S/C23H28FN3O3/c1-26(2)15-14-25-23(29)20-12-13-21(28)27(18-8-10-19(30-3)11-9-18)22(20)16-4-6-17(24)7-5-16/h4-11,20,22H,12-15H2,1-3H3,(H,25,29). The van der Waals surface area contributed by atoms with Crippen molar-refractivity contribution in [3.63, 3.8) is 0 Å². The van der Waals surface area contributed by atoms with Crippen LogP contribution in [-0.4, -0.2) is 51.0 Å². The Bertz CT molecular complexity index is 868. The van der Waals surface area contributed by atoms with Gasteiger partial charge in [-0.3, -0.25) is 9.59 Å². The molecule has 1 aliphatic rings. The highest BCUT2D eigenvalue weighted by Crippen LogP contribution is 2.40. The molecule has 160 valence electrons. The molecule has 1 fully saturated rings. The zero-order chi connectivity index (χ0) is 21.7. The molecular formula is C23H28FN3O3. The van der Waals surface area contributed by atoms with E-state index in [9.17, 15) is 14.0 Å². The molecule has 0 aromatic heterocycles. The van der Waals surface area contributed by atoms with Crippen LogP contribution in [0.15, 0.2) is 48.5 Å². The first-order valence-corrected chi connectivity index (χ1v) is 10.0. The highest BCUT2D eigenvalue weighted by molar-refractivity contribution is 5.97. The van der Waals surface area contributed by atoms with Crippen LogP contribution < -0.4 is 15.0 Å². The van der Waals surface area contributed by atoms with E-state index < -0.39 is 12.0 Å². The maximum Gasteiger partial charge on any atom is 0.227 e. The lowest BCUT2D eigenvalue weighted by Gasteiger charge is -2.41. The van der Waals surface area contributed by atoms with E-state index in [4.69, 9.17) is 4.74 Å².